The SMILES string of the molecule is CC(=O)Nc1ccc(SC(C)C(=O)N2CCN(c3cccc(C)c3C)CC2)cc1. The normalized spacial score (nSPS) is 15.2. The third-order valence-corrected chi connectivity index (χ3v) is 6.44. The molecule has 1 saturated heterocycles. The van der Waals surface area contributed by atoms with Gasteiger partial charge in [-0.15, -0.1) is 11.8 Å². The smallest absolute Gasteiger partial charge is 0.235 e. The lowest BCUT2D eigenvalue weighted by Crippen LogP contribution is -2.50. The molecule has 1 aliphatic heterocycles. The van der Waals surface area contributed by atoms with Crippen LogP contribution in [0.3, 0.4) is 0 Å². The molecule has 0 radical (unpaired) electrons. The molecule has 3 rings (SSSR count). The van der Waals surface area contributed by atoms with Gasteiger partial charge in [-0.3, -0.25) is 9.59 Å². The Morgan fingerprint density at radius 2 is 1.66 bits per heavy atom. The number of hydrogen-bond acceptors (Lipinski definition) is 4. The predicted octanol–water partition coefficient (Wildman–Crippen LogP) is 4.09. The minimum absolute atomic E-state index is 0.0889. The van der Waals surface area contributed by atoms with Gasteiger partial charge in [0.25, 0.3) is 0 Å². The first kappa shape index (κ1) is 21.2. The summed E-state index contributed by atoms with van der Waals surface area (Å²) < 4.78 is 0. The van der Waals surface area contributed by atoms with Crippen molar-refractivity contribution in [2.24, 2.45) is 0 Å². The Bertz CT molecular complexity index is 874. The summed E-state index contributed by atoms with van der Waals surface area (Å²) >= 11 is 1.56. The van der Waals surface area contributed by atoms with Gasteiger partial charge in [0.1, 0.15) is 0 Å². The Morgan fingerprint density at radius 3 is 2.28 bits per heavy atom. The van der Waals surface area contributed by atoms with E-state index < -0.39 is 0 Å². The van der Waals surface area contributed by atoms with Crippen molar-refractivity contribution >= 4 is 35.0 Å². The molecule has 1 N–H and O–H groups in total. The molecule has 5 nitrogen and oxygen atoms in total. The third-order valence-electron chi connectivity index (χ3n) is 5.34. The lowest BCUT2D eigenvalue weighted by Gasteiger charge is -2.38. The highest BCUT2D eigenvalue weighted by Crippen LogP contribution is 2.27. The number of thioether (sulfide) groups is 1. The Kier molecular flexibility index (Phi) is 6.85. The molecule has 0 aliphatic carbocycles. The first-order valence-electron chi connectivity index (χ1n) is 9.99. The van der Waals surface area contributed by atoms with Crippen LogP contribution in [0.5, 0.6) is 0 Å². The van der Waals surface area contributed by atoms with Crippen molar-refractivity contribution in [2.75, 3.05) is 36.4 Å². The zero-order chi connectivity index (χ0) is 21.0. The maximum Gasteiger partial charge on any atom is 0.235 e. The van der Waals surface area contributed by atoms with Crippen LogP contribution in [-0.2, 0) is 9.59 Å². The first-order valence-corrected chi connectivity index (χ1v) is 10.9. The molecule has 1 heterocycles. The summed E-state index contributed by atoms with van der Waals surface area (Å²) in [4.78, 5) is 29.4. The molecule has 1 atom stereocenters. The largest absolute Gasteiger partial charge is 0.368 e. The lowest BCUT2D eigenvalue weighted by molar-refractivity contribution is -0.130. The molecule has 0 aromatic heterocycles. The second-order valence-corrected chi connectivity index (χ2v) is 8.91. The number of hydrogen-bond donors (Lipinski definition) is 1. The van der Waals surface area contributed by atoms with Gasteiger partial charge in [0.15, 0.2) is 0 Å². The van der Waals surface area contributed by atoms with E-state index >= 15 is 0 Å². The van der Waals surface area contributed by atoms with Gasteiger partial charge >= 0.3 is 0 Å². The summed E-state index contributed by atoms with van der Waals surface area (Å²) in [6.07, 6.45) is 0. The van der Waals surface area contributed by atoms with E-state index in [1.165, 1.54) is 23.7 Å². The number of anilines is 2. The number of amides is 2. The van der Waals surface area contributed by atoms with E-state index in [2.05, 4.69) is 42.3 Å². The lowest BCUT2D eigenvalue weighted by atomic mass is 10.1. The molecule has 0 spiro atoms. The second kappa shape index (κ2) is 9.35. The van der Waals surface area contributed by atoms with E-state index in [0.717, 1.165) is 36.8 Å². The van der Waals surface area contributed by atoms with Crippen LogP contribution in [-0.4, -0.2) is 48.1 Å². The van der Waals surface area contributed by atoms with E-state index in [9.17, 15) is 9.59 Å². The molecule has 154 valence electrons. The number of carbonyl (C=O) groups is 2. The molecule has 29 heavy (non-hydrogen) atoms. The molecular formula is C23H29N3O2S. The van der Waals surface area contributed by atoms with Crippen LogP contribution >= 0.6 is 11.8 Å². The average molecular weight is 412 g/mol. The van der Waals surface area contributed by atoms with E-state index in [-0.39, 0.29) is 17.1 Å². The van der Waals surface area contributed by atoms with Gasteiger partial charge in [0, 0.05) is 49.4 Å². The van der Waals surface area contributed by atoms with Crippen LogP contribution in [0.2, 0.25) is 0 Å². The minimum atomic E-state index is -0.145. The maximum absolute atomic E-state index is 12.9. The quantitative estimate of drug-likeness (QED) is 0.753. The fourth-order valence-electron chi connectivity index (χ4n) is 3.58. The summed E-state index contributed by atoms with van der Waals surface area (Å²) in [5.41, 5.74) is 4.66. The zero-order valence-electron chi connectivity index (χ0n) is 17.6. The molecule has 1 fully saturated rings. The van der Waals surface area contributed by atoms with Crippen LogP contribution in [0, 0.1) is 13.8 Å². The average Bonchev–Trinajstić information content (AvgIpc) is 2.71. The zero-order valence-corrected chi connectivity index (χ0v) is 18.4. The Morgan fingerprint density at radius 1 is 1.00 bits per heavy atom. The Labute approximate surface area is 177 Å². The maximum atomic E-state index is 12.9. The van der Waals surface area contributed by atoms with Gasteiger partial charge in [0.2, 0.25) is 11.8 Å². The molecule has 0 saturated carbocycles. The van der Waals surface area contributed by atoms with Crippen LogP contribution < -0.4 is 10.2 Å². The first-order chi connectivity index (χ1) is 13.8. The topological polar surface area (TPSA) is 52.7 Å². The fraction of sp³-hybridized carbons (Fsp3) is 0.391. The van der Waals surface area contributed by atoms with Crippen molar-refractivity contribution in [1.29, 1.82) is 0 Å². The highest BCUT2D eigenvalue weighted by Gasteiger charge is 2.26. The van der Waals surface area contributed by atoms with Crippen LogP contribution in [0.25, 0.3) is 0 Å². The summed E-state index contributed by atoms with van der Waals surface area (Å²) in [6.45, 7) is 11.0. The number of benzene rings is 2. The molecular weight excluding hydrogens is 382 g/mol. The standard InChI is InChI=1S/C23H29N3O2S/c1-16-6-5-7-22(17(16)2)25-12-14-26(15-13-25)23(28)18(3)29-21-10-8-20(9-11-21)24-19(4)27/h5-11,18H,12-15H2,1-4H3,(H,24,27). The molecule has 1 aliphatic rings. The number of rotatable bonds is 5. The number of carbonyl (C=O) groups excluding carboxylic acids is 2. The van der Waals surface area contributed by atoms with E-state index in [1.54, 1.807) is 11.8 Å². The highest BCUT2D eigenvalue weighted by molar-refractivity contribution is 8.00. The number of piperazine rings is 1. The van der Waals surface area contributed by atoms with Gasteiger partial charge in [0.05, 0.1) is 5.25 Å². The Hall–Kier alpha value is -2.47. The second-order valence-electron chi connectivity index (χ2n) is 7.50. The molecule has 6 heteroatoms. The van der Waals surface area contributed by atoms with E-state index in [4.69, 9.17) is 0 Å². The van der Waals surface area contributed by atoms with Gasteiger partial charge in [-0.2, -0.15) is 0 Å². The number of nitrogens with zero attached hydrogens (tertiary/aromatic N) is 2. The predicted molar refractivity (Wildman–Crippen MR) is 121 cm³/mol. The monoisotopic (exact) mass is 411 g/mol. The van der Waals surface area contributed by atoms with Gasteiger partial charge in [-0.25, -0.2) is 0 Å². The third kappa shape index (κ3) is 5.32. The van der Waals surface area contributed by atoms with Gasteiger partial charge in [-0.05, 0) is 62.2 Å². The molecule has 2 aromatic rings. The summed E-state index contributed by atoms with van der Waals surface area (Å²) in [5, 5.41) is 2.61. The minimum Gasteiger partial charge on any atom is -0.368 e. The fourth-order valence-corrected chi connectivity index (χ4v) is 4.53. The van der Waals surface area contributed by atoms with Crippen LogP contribution in [0.15, 0.2) is 47.4 Å². The van der Waals surface area contributed by atoms with Crippen molar-refractivity contribution in [3.8, 4) is 0 Å². The Balaban J connectivity index is 1.54. The summed E-state index contributed by atoms with van der Waals surface area (Å²) in [6, 6.07) is 14.0. The van der Waals surface area contributed by atoms with Gasteiger partial charge < -0.3 is 15.1 Å². The summed E-state index contributed by atoms with van der Waals surface area (Å²) in [7, 11) is 0. The number of aryl methyl sites for hydroxylation is 1. The van der Waals surface area contributed by atoms with Crippen molar-refractivity contribution < 1.29 is 9.59 Å². The van der Waals surface area contributed by atoms with Crippen LogP contribution in [0.1, 0.15) is 25.0 Å². The van der Waals surface area contributed by atoms with Crippen molar-refractivity contribution in [3.05, 3.63) is 53.6 Å². The van der Waals surface area contributed by atoms with E-state index in [1.807, 2.05) is 36.1 Å². The van der Waals surface area contributed by atoms with Gasteiger partial charge in [-0.1, -0.05) is 12.1 Å². The van der Waals surface area contributed by atoms with Crippen molar-refractivity contribution in [1.82, 2.24) is 4.90 Å². The van der Waals surface area contributed by atoms with Crippen molar-refractivity contribution in [3.63, 3.8) is 0 Å². The molecule has 2 aromatic carbocycles. The molecule has 1 unspecified atom stereocenters. The number of nitrogens with one attached hydrogen (secondary N) is 1. The summed E-state index contributed by atoms with van der Waals surface area (Å²) in [5.74, 6) is 0.0931. The van der Waals surface area contributed by atoms with E-state index in [0.29, 0.717) is 0 Å². The van der Waals surface area contributed by atoms with Crippen molar-refractivity contribution in [2.45, 2.75) is 37.8 Å². The molecule has 2 amide bonds. The molecule has 0 bridgehead atoms. The highest BCUT2D eigenvalue weighted by atomic mass is 32.2. The van der Waals surface area contributed by atoms with Crippen LogP contribution in [0.4, 0.5) is 11.4 Å².